The molecule has 1 aliphatic carbocycles. The Bertz CT molecular complexity index is 995. The average Bonchev–Trinajstić information content (AvgIpc) is 3.38. The minimum absolute atomic E-state index is 0.0711. The summed E-state index contributed by atoms with van der Waals surface area (Å²) >= 11 is 2.79. The number of nitrogens with one attached hydrogen (secondary N) is 1. The number of nitrogens with zero attached hydrogens (tertiary/aromatic N) is 2. The largest absolute Gasteiger partial charge is 0.469 e. The summed E-state index contributed by atoms with van der Waals surface area (Å²) in [7, 11) is 2.53. The van der Waals surface area contributed by atoms with Gasteiger partial charge in [0.2, 0.25) is 0 Å². The molecule has 1 amide bonds. The van der Waals surface area contributed by atoms with Crippen LogP contribution >= 0.6 is 23.1 Å². The number of ether oxygens (including phenoxy) is 2. The zero-order valence-corrected chi connectivity index (χ0v) is 19.1. The van der Waals surface area contributed by atoms with Gasteiger partial charge in [-0.05, 0) is 24.7 Å². The Morgan fingerprint density at radius 2 is 1.90 bits per heavy atom. The number of rotatable bonds is 8. The number of carbonyl (C=O) groups is 4. The second-order valence-corrected chi connectivity index (χ2v) is 9.03. The maximum atomic E-state index is 12.9. The Balaban J connectivity index is 1.80. The standard InChI is InChI=1S/C20H23N3O6S2/c1-28-15(25)7-12(8-16(26)29-2)23-10-11(9-21-23)22-19(27)18-13-5-4-6-14(24)17(13)20(30-3)31-18/h9-10,12H,4-8H2,1-3H3,(H,22,27). The normalized spacial score (nSPS) is 13.1. The fraction of sp³-hybridized carbons (Fsp3) is 0.450. The van der Waals surface area contributed by atoms with Gasteiger partial charge in [0.25, 0.3) is 5.91 Å². The molecule has 0 saturated carbocycles. The summed E-state index contributed by atoms with van der Waals surface area (Å²) < 4.78 is 11.7. The molecule has 2 aromatic rings. The van der Waals surface area contributed by atoms with Crippen molar-refractivity contribution in [1.29, 1.82) is 0 Å². The number of methoxy groups -OCH3 is 2. The molecule has 0 saturated heterocycles. The summed E-state index contributed by atoms with van der Waals surface area (Å²) in [6, 6.07) is -0.610. The summed E-state index contributed by atoms with van der Waals surface area (Å²) in [5.74, 6) is -1.21. The van der Waals surface area contributed by atoms with Crippen LogP contribution in [0.2, 0.25) is 0 Å². The van der Waals surface area contributed by atoms with E-state index in [1.165, 1.54) is 48.2 Å². The number of Topliss-reactive ketones (excluding diaryl/α,β-unsaturated/α-hetero) is 1. The maximum Gasteiger partial charge on any atom is 0.307 e. The molecule has 2 aromatic heterocycles. The third-order valence-corrected chi connectivity index (χ3v) is 7.32. The zero-order valence-electron chi connectivity index (χ0n) is 17.4. The van der Waals surface area contributed by atoms with E-state index in [0.29, 0.717) is 29.0 Å². The van der Waals surface area contributed by atoms with Gasteiger partial charge in [-0.2, -0.15) is 5.10 Å². The summed E-state index contributed by atoms with van der Waals surface area (Å²) in [6.07, 6.45) is 6.68. The molecule has 166 valence electrons. The number of amides is 1. The van der Waals surface area contributed by atoms with E-state index in [1.807, 2.05) is 6.26 Å². The summed E-state index contributed by atoms with van der Waals surface area (Å²) in [6.45, 7) is 0. The van der Waals surface area contributed by atoms with Crippen molar-refractivity contribution in [2.45, 2.75) is 42.4 Å². The van der Waals surface area contributed by atoms with Gasteiger partial charge >= 0.3 is 11.9 Å². The van der Waals surface area contributed by atoms with E-state index in [2.05, 4.69) is 10.4 Å². The highest BCUT2D eigenvalue weighted by atomic mass is 32.2. The van der Waals surface area contributed by atoms with E-state index in [1.54, 1.807) is 6.20 Å². The molecule has 1 aliphatic rings. The van der Waals surface area contributed by atoms with Crippen LogP contribution in [0.15, 0.2) is 16.6 Å². The molecule has 0 atom stereocenters. The molecule has 0 radical (unpaired) electrons. The average molecular weight is 466 g/mol. The molecular weight excluding hydrogens is 442 g/mol. The number of thioether (sulfide) groups is 1. The number of carbonyl (C=O) groups excluding carboxylic acids is 4. The first-order valence-corrected chi connectivity index (χ1v) is 11.6. The smallest absolute Gasteiger partial charge is 0.307 e. The number of fused-ring (bicyclic) bond motifs is 1. The van der Waals surface area contributed by atoms with Crippen molar-refractivity contribution in [3.05, 3.63) is 28.4 Å². The van der Waals surface area contributed by atoms with Gasteiger partial charge in [0.1, 0.15) is 0 Å². The number of aromatic nitrogens is 2. The summed E-state index contributed by atoms with van der Waals surface area (Å²) in [5.41, 5.74) is 1.91. The van der Waals surface area contributed by atoms with Crippen molar-refractivity contribution < 1.29 is 28.7 Å². The van der Waals surface area contributed by atoms with Crippen molar-refractivity contribution >= 4 is 52.4 Å². The van der Waals surface area contributed by atoms with Gasteiger partial charge in [0.05, 0.1) is 54.1 Å². The van der Waals surface area contributed by atoms with E-state index in [-0.39, 0.29) is 24.5 Å². The molecule has 3 rings (SSSR count). The Hall–Kier alpha value is -2.66. The monoisotopic (exact) mass is 465 g/mol. The van der Waals surface area contributed by atoms with E-state index in [9.17, 15) is 19.2 Å². The van der Waals surface area contributed by atoms with Gasteiger partial charge < -0.3 is 14.8 Å². The first-order valence-electron chi connectivity index (χ1n) is 9.59. The van der Waals surface area contributed by atoms with Gasteiger partial charge in [-0.1, -0.05) is 0 Å². The minimum Gasteiger partial charge on any atom is -0.469 e. The SMILES string of the molecule is COC(=O)CC(CC(=O)OC)n1cc(NC(=O)c2sc(SC)c3c2CCCC3=O)cn1. The fourth-order valence-corrected chi connectivity index (χ4v) is 5.46. The number of ketones is 1. The quantitative estimate of drug-likeness (QED) is 0.467. The van der Waals surface area contributed by atoms with Crippen molar-refractivity contribution in [2.75, 3.05) is 25.8 Å². The molecule has 9 nitrogen and oxygen atoms in total. The molecule has 0 aromatic carbocycles. The number of esters is 2. The Kier molecular flexibility index (Phi) is 7.50. The first-order chi connectivity index (χ1) is 14.9. The van der Waals surface area contributed by atoms with Crippen molar-refractivity contribution in [3.63, 3.8) is 0 Å². The zero-order chi connectivity index (χ0) is 22.5. The third kappa shape index (κ3) is 5.16. The highest BCUT2D eigenvalue weighted by molar-refractivity contribution is 8.00. The summed E-state index contributed by atoms with van der Waals surface area (Å²) in [5, 5.41) is 7.00. The van der Waals surface area contributed by atoms with E-state index < -0.39 is 18.0 Å². The molecule has 0 bridgehead atoms. The molecule has 0 unspecified atom stereocenters. The minimum atomic E-state index is -0.610. The lowest BCUT2D eigenvalue weighted by Gasteiger charge is -2.15. The second kappa shape index (κ2) is 10.1. The molecule has 11 heteroatoms. The van der Waals surface area contributed by atoms with Crippen molar-refractivity contribution in [3.8, 4) is 0 Å². The van der Waals surface area contributed by atoms with Crippen molar-refractivity contribution in [1.82, 2.24) is 9.78 Å². The van der Waals surface area contributed by atoms with Gasteiger partial charge in [0, 0.05) is 18.2 Å². The molecule has 31 heavy (non-hydrogen) atoms. The van der Waals surface area contributed by atoms with Crippen LogP contribution in [0.1, 0.15) is 57.3 Å². The molecule has 0 spiro atoms. The van der Waals surface area contributed by atoms with Crippen LogP contribution in [0.5, 0.6) is 0 Å². The number of hydrogen-bond acceptors (Lipinski definition) is 9. The van der Waals surface area contributed by atoms with Crippen LogP contribution in [0.4, 0.5) is 5.69 Å². The van der Waals surface area contributed by atoms with Crippen LogP contribution in [-0.4, -0.2) is 53.9 Å². The lowest BCUT2D eigenvalue weighted by molar-refractivity contribution is -0.144. The summed E-state index contributed by atoms with van der Waals surface area (Å²) in [4.78, 5) is 49.2. The number of hydrogen-bond donors (Lipinski definition) is 1. The second-order valence-electron chi connectivity index (χ2n) is 6.93. The number of anilines is 1. The lowest BCUT2D eigenvalue weighted by Crippen LogP contribution is -2.19. The van der Waals surface area contributed by atoms with Gasteiger partial charge in [-0.3, -0.25) is 23.9 Å². The molecule has 1 N–H and O–H groups in total. The third-order valence-electron chi connectivity index (χ3n) is 4.97. The van der Waals surface area contributed by atoms with E-state index in [0.717, 1.165) is 16.2 Å². The van der Waals surface area contributed by atoms with Gasteiger partial charge in [-0.15, -0.1) is 23.1 Å². The fourth-order valence-electron chi connectivity index (χ4n) is 3.44. The first kappa shape index (κ1) is 23.0. The molecule has 2 heterocycles. The van der Waals surface area contributed by atoms with Crippen molar-refractivity contribution in [2.24, 2.45) is 0 Å². The van der Waals surface area contributed by atoms with Crippen LogP contribution in [0.3, 0.4) is 0 Å². The molecular formula is C20H23N3O6S2. The predicted octanol–water partition coefficient (Wildman–Crippen LogP) is 3.11. The van der Waals surface area contributed by atoms with Crippen LogP contribution in [-0.2, 0) is 25.5 Å². The molecule has 0 aliphatic heterocycles. The number of thiophene rings is 1. The van der Waals surface area contributed by atoms with Crippen LogP contribution in [0, 0.1) is 0 Å². The van der Waals surface area contributed by atoms with Gasteiger partial charge in [0.15, 0.2) is 5.78 Å². The Labute approximate surface area is 187 Å². The van der Waals surface area contributed by atoms with E-state index >= 15 is 0 Å². The molecule has 0 fully saturated rings. The Morgan fingerprint density at radius 3 is 2.52 bits per heavy atom. The van der Waals surface area contributed by atoms with Crippen LogP contribution < -0.4 is 5.32 Å². The highest BCUT2D eigenvalue weighted by Gasteiger charge is 2.29. The lowest BCUT2D eigenvalue weighted by atomic mass is 9.92. The van der Waals surface area contributed by atoms with Crippen LogP contribution in [0.25, 0.3) is 0 Å². The predicted molar refractivity (Wildman–Crippen MR) is 116 cm³/mol. The highest BCUT2D eigenvalue weighted by Crippen LogP contribution is 2.39. The topological polar surface area (TPSA) is 117 Å². The van der Waals surface area contributed by atoms with E-state index in [4.69, 9.17) is 9.47 Å². The maximum absolute atomic E-state index is 12.9. The Morgan fingerprint density at radius 1 is 1.23 bits per heavy atom. The van der Waals surface area contributed by atoms with Gasteiger partial charge in [-0.25, -0.2) is 0 Å².